The van der Waals surface area contributed by atoms with Gasteiger partial charge in [0.2, 0.25) is 0 Å². The van der Waals surface area contributed by atoms with Crippen molar-refractivity contribution in [3.05, 3.63) is 18.0 Å². The standard InChI is InChI=1S/C26H37N3O2/c1-16-8-9-25(2)18(10-16)4-5-19-20-6-7-21(26(20,3)24(31)11-22(19)25)23(30)15-29-14-17(12-27)13-28-29/h13-14,16,18-22,24,31H,4-11,15H2,1-3H3/t16?,18?,19?,20?,21-,22?,24?,25+,26+/m1/s1. The Kier molecular flexibility index (Phi) is 5.09. The van der Waals surface area contributed by atoms with E-state index in [0.29, 0.717) is 28.7 Å². The van der Waals surface area contributed by atoms with Crippen molar-refractivity contribution in [3.8, 4) is 6.07 Å². The van der Waals surface area contributed by atoms with Crippen LogP contribution < -0.4 is 0 Å². The maximum absolute atomic E-state index is 13.4. The van der Waals surface area contributed by atoms with Crippen LogP contribution in [0, 0.1) is 57.7 Å². The van der Waals surface area contributed by atoms with Gasteiger partial charge in [-0.15, -0.1) is 0 Å². The lowest BCUT2D eigenvalue weighted by Gasteiger charge is -2.62. The summed E-state index contributed by atoms with van der Waals surface area (Å²) in [4.78, 5) is 13.4. The Labute approximate surface area is 186 Å². The zero-order valence-corrected chi connectivity index (χ0v) is 19.3. The van der Waals surface area contributed by atoms with Crippen LogP contribution >= 0.6 is 0 Å². The van der Waals surface area contributed by atoms with Crippen molar-refractivity contribution in [2.45, 2.75) is 84.8 Å². The largest absolute Gasteiger partial charge is 0.393 e. The molecule has 0 amide bonds. The molecule has 0 radical (unpaired) electrons. The molecule has 1 aromatic heterocycles. The first-order valence-electron chi connectivity index (χ1n) is 12.4. The lowest BCUT2D eigenvalue weighted by atomic mass is 9.43. The number of nitrogens with zero attached hydrogens (tertiary/aromatic N) is 3. The molecular formula is C26H37N3O2. The fourth-order valence-electron chi connectivity index (χ4n) is 8.74. The van der Waals surface area contributed by atoms with Crippen molar-refractivity contribution in [2.75, 3.05) is 0 Å². The van der Waals surface area contributed by atoms with E-state index >= 15 is 0 Å². The number of hydrogen-bond donors (Lipinski definition) is 1. The number of aliphatic hydroxyl groups is 1. The number of aliphatic hydroxyl groups excluding tert-OH is 1. The van der Waals surface area contributed by atoms with E-state index in [1.807, 2.05) is 0 Å². The number of rotatable bonds is 3. The van der Waals surface area contributed by atoms with Crippen molar-refractivity contribution in [1.82, 2.24) is 9.78 Å². The highest BCUT2D eigenvalue weighted by Crippen LogP contribution is 2.67. The summed E-state index contributed by atoms with van der Waals surface area (Å²) in [5, 5.41) is 24.8. The van der Waals surface area contributed by atoms with Crippen LogP contribution in [0.5, 0.6) is 0 Å². The molecule has 0 spiro atoms. The third-order valence-electron chi connectivity index (χ3n) is 10.5. The molecule has 1 aromatic rings. The third kappa shape index (κ3) is 3.12. The first kappa shape index (κ1) is 21.2. The van der Waals surface area contributed by atoms with Crippen LogP contribution in [0.1, 0.15) is 77.7 Å². The predicted octanol–water partition coefficient (Wildman–Crippen LogP) is 4.59. The monoisotopic (exact) mass is 423 g/mol. The zero-order chi connectivity index (χ0) is 22.0. The smallest absolute Gasteiger partial charge is 0.157 e. The molecule has 0 aromatic carbocycles. The summed E-state index contributed by atoms with van der Waals surface area (Å²) in [5.41, 5.74) is 0.521. The molecule has 9 atom stereocenters. The molecule has 4 aliphatic carbocycles. The minimum atomic E-state index is -0.405. The number of Topliss-reactive ketones (excluding diaryl/α,β-unsaturated/α-hetero) is 1. The van der Waals surface area contributed by atoms with Crippen molar-refractivity contribution >= 4 is 5.78 Å². The van der Waals surface area contributed by atoms with Crippen molar-refractivity contribution in [1.29, 1.82) is 5.26 Å². The molecule has 168 valence electrons. The van der Waals surface area contributed by atoms with Crippen LogP contribution in [-0.2, 0) is 11.3 Å². The highest BCUT2D eigenvalue weighted by Gasteiger charge is 2.64. The fraction of sp³-hybridized carbons (Fsp3) is 0.808. The van der Waals surface area contributed by atoms with E-state index in [0.717, 1.165) is 31.1 Å². The van der Waals surface area contributed by atoms with E-state index < -0.39 is 6.10 Å². The van der Waals surface area contributed by atoms with Crippen molar-refractivity contribution in [3.63, 3.8) is 0 Å². The minimum Gasteiger partial charge on any atom is -0.393 e. The summed E-state index contributed by atoms with van der Waals surface area (Å²) in [6, 6.07) is 2.08. The van der Waals surface area contributed by atoms with Crippen molar-refractivity contribution < 1.29 is 9.90 Å². The number of aromatic nitrogens is 2. The average Bonchev–Trinajstić information content (AvgIpc) is 3.34. The molecule has 4 saturated carbocycles. The first-order chi connectivity index (χ1) is 14.8. The average molecular weight is 424 g/mol. The van der Waals surface area contributed by atoms with Gasteiger partial charge in [-0.25, -0.2) is 0 Å². The summed E-state index contributed by atoms with van der Waals surface area (Å²) in [7, 11) is 0. The predicted molar refractivity (Wildman–Crippen MR) is 118 cm³/mol. The quantitative estimate of drug-likeness (QED) is 0.771. The summed E-state index contributed by atoms with van der Waals surface area (Å²) in [5.74, 6) is 3.40. The number of hydrogen-bond acceptors (Lipinski definition) is 4. The minimum absolute atomic E-state index is 0.111. The highest BCUT2D eigenvalue weighted by atomic mass is 16.3. The van der Waals surface area contributed by atoms with Gasteiger partial charge in [0.1, 0.15) is 6.07 Å². The summed E-state index contributed by atoms with van der Waals surface area (Å²) in [6.45, 7) is 7.34. The molecular weight excluding hydrogens is 386 g/mol. The third-order valence-corrected chi connectivity index (χ3v) is 10.5. The lowest BCUT2D eigenvalue weighted by Crippen LogP contribution is -2.58. The maximum atomic E-state index is 13.4. The van der Waals surface area contributed by atoms with E-state index in [9.17, 15) is 9.90 Å². The number of fused-ring (bicyclic) bond motifs is 5. The second kappa shape index (κ2) is 7.44. The van der Waals surface area contributed by atoms with Gasteiger partial charge in [-0.3, -0.25) is 9.48 Å². The number of ketones is 1. The van der Waals surface area contributed by atoms with Crippen molar-refractivity contribution in [2.24, 2.45) is 46.3 Å². The van der Waals surface area contributed by atoms with Crippen LogP contribution in [0.15, 0.2) is 12.4 Å². The Morgan fingerprint density at radius 3 is 2.77 bits per heavy atom. The number of carbonyl (C=O) groups is 1. The first-order valence-corrected chi connectivity index (χ1v) is 12.4. The number of nitriles is 1. The van der Waals surface area contributed by atoms with Crippen LogP contribution in [0.4, 0.5) is 0 Å². The van der Waals surface area contributed by atoms with Gasteiger partial charge in [0.15, 0.2) is 5.78 Å². The second-order valence-corrected chi connectivity index (χ2v) is 11.8. The van der Waals surface area contributed by atoms with E-state index in [1.54, 1.807) is 10.9 Å². The molecule has 6 unspecified atom stereocenters. The van der Waals surface area contributed by atoms with Gasteiger partial charge in [-0.1, -0.05) is 27.2 Å². The topological polar surface area (TPSA) is 78.9 Å². The molecule has 0 aliphatic heterocycles. The fourth-order valence-corrected chi connectivity index (χ4v) is 8.74. The van der Waals surface area contributed by atoms with Gasteiger partial charge < -0.3 is 5.11 Å². The van der Waals surface area contributed by atoms with Crippen LogP contribution in [-0.4, -0.2) is 26.8 Å². The number of carbonyl (C=O) groups excluding carboxylic acids is 1. The Bertz CT molecular complexity index is 903. The van der Waals surface area contributed by atoms with Gasteiger partial charge >= 0.3 is 0 Å². The molecule has 1 N–H and O–H groups in total. The Morgan fingerprint density at radius 2 is 2.03 bits per heavy atom. The summed E-state index contributed by atoms with van der Waals surface area (Å²) in [6.07, 6.45) is 12.1. The normalized spacial score (nSPS) is 46.5. The van der Waals surface area contributed by atoms with Gasteiger partial charge in [0, 0.05) is 17.5 Å². The van der Waals surface area contributed by atoms with Gasteiger partial charge in [0.05, 0.1) is 24.4 Å². The second-order valence-electron chi connectivity index (χ2n) is 11.8. The van der Waals surface area contributed by atoms with Crippen LogP contribution in [0.3, 0.4) is 0 Å². The highest BCUT2D eigenvalue weighted by molar-refractivity contribution is 5.82. The molecule has 5 heteroatoms. The molecule has 5 nitrogen and oxygen atoms in total. The maximum Gasteiger partial charge on any atom is 0.157 e. The molecule has 4 aliphatic rings. The molecule has 4 fully saturated rings. The summed E-state index contributed by atoms with van der Waals surface area (Å²) >= 11 is 0. The lowest BCUT2D eigenvalue weighted by molar-refractivity contribution is -0.171. The van der Waals surface area contributed by atoms with Crippen LogP contribution in [0.25, 0.3) is 0 Å². The van der Waals surface area contributed by atoms with E-state index in [1.165, 1.54) is 38.3 Å². The Hall–Kier alpha value is -1.67. The SMILES string of the molecule is CC1CC[C@@]2(C)C(CCC3C2CC(O)[C@@]2(C)C3CC[C@@H]2C(=O)Cn2cc(C#N)cn2)C1. The van der Waals surface area contributed by atoms with Gasteiger partial charge in [-0.05, 0) is 80.0 Å². The Morgan fingerprint density at radius 1 is 1.23 bits per heavy atom. The zero-order valence-electron chi connectivity index (χ0n) is 19.3. The van der Waals surface area contributed by atoms with E-state index in [4.69, 9.17) is 5.26 Å². The van der Waals surface area contributed by atoms with Gasteiger partial charge in [0.25, 0.3) is 0 Å². The van der Waals surface area contributed by atoms with Gasteiger partial charge in [-0.2, -0.15) is 10.4 Å². The molecule has 5 rings (SSSR count). The van der Waals surface area contributed by atoms with Crippen LogP contribution in [0.2, 0.25) is 0 Å². The molecule has 0 saturated heterocycles. The van der Waals surface area contributed by atoms with E-state index in [2.05, 4.69) is 31.9 Å². The summed E-state index contributed by atoms with van der Waals surface area (Å²) < 4.78 is 1.59. The molecule has 0 bridgehead atoms. The Balaban J connectivity index is 1.38. The molecule has 1 heterocycles. The van der Waals surface area contributed by atoms with E-state index in [-0.39, 0.29) is 23.7 Å². The molecule has 31 heavy (non-hydrogen) atoms.